The summed E-state index contributed by atoms with van der Waals surface area (Å²) < 4.78 is 1.70. The third-order valence-electron chi connectivity index (χ3n) is 5.60. The number of carbonyl (C=O) groups is 1. The minimum Gasteiger partial charge on any atom is -0.339 e. The van der Waals surface area contributed by atoms with Crippen molar-refractivity contribution in [1.29, 1.82) is 0 Å². The summed E-state index contributed by atoms with van der Waals surface area (Å²) in [4.78, 5) is 15.3. The van der Waals surface area contributed by atoms with E-state index in [9.17, 15) is 4.79 Å². The van der Waals surface area contributed by atoms with Crippen LogP contribution in [-0.4, -0.2) is 35.5 Å². The molecule has 0 bridgehead atoms. The summed E-state index contributed by atoms with van der Waals surface area (Å²) in [5, 5.41) is 1.11. The van der Waals surface area contributed by atoms with E-state index in [2.05, 4.69) is 11.9 Å². The first kappa shape index (κ1) is 16.9. The van der Waals surface area contributed by atoms with Crippen molar-refractivity contribution in [2.75, 3.05) is 26.0 Å². The topological polar surface area (TPSA) is 51.3 Å². The van der Waals surface area contributed by atoms with Crippen LogP contribution in [0.5, 0.6) is 0 Å². The van der Waals surface area contributed by atoms with Crippen LogP contribution in [0.15, 0.2) is 48.7 Å². The highest BCUT2D eigenvalue weighted by molar-refractivity contribution is 6.10. The van der Waals surface area contributed by atoms with Gasteiger partial charge in [0, 0.05) is 22.7 Å². The van der Waals surface area contributed by atoms with Crippen molar-refractivity contribution in [2.24, 2.45) is 0 Å². The number of likely N-dealkylation sites (tertiary alicyclic amines) is 1. The lowest BCUT2D eigenvalue weighted by atomic mass is 9.88. The van der Waals surface area contributed by atoms with Gasteiger partial charge >= 0.3 is 0 Å². The second kappa shape index (κ2) is 6.61. The van der Waals surface area contributed by atoms with Crippen molar-refractivity contribution in [2.45, 2.75) is 25.7 Å². The molecule has 0 radical (unpaired) electrons. The first-order valence-electron chi connectivity index (χ1n) is 9.23. The first-order chi connectivity index (χ1) is 12.5. The minimum atomic E-state index is 0.0611. The highest BCUT2D eigenvalue weighted by Gasteiger charge is 2.23. The highest BCUT2D eigenvalue weighted by Crippen LogP contribution is 2.34. The molecule has 0 atom stereocenters. The predicted octanol–water partition coefficient (Wildman–Crippen LogP) is 3.70. The maximum Gasteiger partial charge on any atom is 0.193 e. The Morgan fingerprint density at radius 3 is 2.38 bits per heavy atom. The average molecular weight is 347 g/mol. The van der Waals surface area contributed by atoms with Crippen LogP contribution in [0.3, 0.4) is 0 Å². The summed E-state index contributed by atoms with van der Waals surface area (Å²) in [6.45, 7) is 4.23. The quantitative estimate of drug-likeness (QED) is 0.580. The third kappa shape index (κ3) is 3.01. The first-order valence-corrected chi connectivity index (χ1v) is 9.23. The number of benzene rings is 2. The third-order valence-corrected chi connectivity index (χ3v) is 5.60. The SMILES string of the molecule is Cc1ccc(C(=O)c2ccc3c(c2)c(C2CCN(C)CC2)cn3N)cc1. The lowest BCUT2D eigenvalue weighted by molar-refractivity contribution is 0.103. The van der Waals surface area contributed by atoms with E-state index in [1.807, 2.05) is 55.6 Å². The van der Waals surface area contributed by atoms with Gasteiger partial charge in [-0.15, -0.1) is 0 Å². The van der Waals surface area contributed by atoms with Crippen LogP contribution >= 0.6 is 0 Å². The fraction of sp³-hybridized carbons (Fsp3) is 0.318. The Kier molecular flexibility index (Phi) is 4.29. The Labute approximate surface area is 154 Å². The molecule has 1 aliphatic heterocycles. The largest absolute Gasteiger partial charge is 0.339 e. The highest BCUT2D eigenvalue weighted by atomic mass is 16.1. The summed E-state index contributed by atoms with van der Waals surface area (Å²) in [7, 11) is 2.17. The lowest BCUT2D eigenvalue weighted by Gasteiger charge is -2.28. The van der Waals surface area contributed by atoms with Crippen LogP contribution in [0.2, 0.25) is 0 Å². The van der Waals surface area contributed by atoms with E-state index in [0.29, 0.717) is 5.92 Å². The Bertz CT molecular complexity index is 947. The van der Waals surface area contributed by atoms with Gasteiger partial charge < -0.3 is 10.7 Å². The molecule has 134 valence electrons. The van der Waals surface area contributed by atoms with E-state index in [0.717, 1.165) is 53.5 Å². The van der Waals surface area contributed by atoms with Gasteiger partial charge in [0.2, 0.25) is 0 Å². The Morgan fingerprint density at radius 2 is 1.69 bits per heavy atom. The summed E-state index contributed by atoms with van der Waals surface area (Å²) in [5.74, 6) is 6.75. The fourth-order valence-electron chi connectivity index (χ4n) is 3.94. The van der Waals surface area contributed by atoms with Crippen molar-refractivity contribution in [1.82, 2.24) is 9.58 Å². The summed E-state index contributed by atoms with van der Waals surface area (Å²) in [6.07, 6.45) is 4.30. The molecule has 4 nitrogen and oxygen atoms in total. The van der Waals surface area contributed by atoms with E-state index in [1.54, 1.807) is 4.68 Å². The normalized spacial score (nSPS) is 16.2. The van der Waals surface area contributed by atoms with Crippen molar-refractivity contribution < 1.29 is 4.79 Å². The smallest absolute Gasteiger partial charge is 0.193 e. The molecular weight excluding hydrogens is 322 g/mol. The number of hydrogen-bond acceptors (Lipinski definition) is 3. The fourth-order valence-corrected chi connectivity index (χ4v) is 3.94. The lowest BCUT2D eigenvalue weighted by Crippen LogP contribution is -2.29. The molecule has 2 aromatic carbocycles. The number of aryl methyl sites for hydroxylation is 1. The van der Waals surface area contributed by atoms with E-state index in [1.165, 1.54) is 5.56 Å². The number of piperidine rings is 1. The summed E-state index contributed by atoms with van der Waals surface area (Å²) in [5.41, 5.74) is 4.86. The van der Waals surface area contributed by atoms with Gasteiger partial charge in [0.15, 0.2) is 5.78 Å². The Balaban J connectivity index is 1.73. The molecule has 1 aliphatic rings. The molecule has 4 rings (SSSR count). The molecule has 26 heavy (non-hydrogen) atoms. The minimum absolute atomic E-state index is 0.0611. The second-order valence-corrected chi connectivity index (χ2v) is 7.50. The Hall–Kier alpha value is -2.59. The van der Waals surface area contributed by atoms with Gasteiger partial charge in [-0.2, -0.15) is 0 Å². The van der Waals surface area contributed by atoms with Crippen LogP contribution in [0, 0.1) is 6.92 Å². The Morgan fingerprint density at radius 1 is 1.04 bits per heavy atom. The molecule has 1 saturated heterocycles. The van der Waals surface area contributed by atoms with Crippen molar-refractivity contribution >= 4 is 16.7 Å². The second-order valence-electron chi connectivity index (χ2n) is 7.50. The van der Waals surface area contributed by atoms with Crippen molar-refractivity contribution in [3.05, 3.63) is 70.9 Å². The molecule has 3 aromatic rings. The number of ketones is 1. The van der Waals surface area contributed by atoms with E-state index in [-0.39, 0.29) is 5.78 Å². The van der Waals surface area contributed by atoms with Gasteiger partial charge in [-0.05, 0) is 69.6 Å². The van der Waals surface area contributed by atoms with Gasteiger partial charge in [-0.25, -0.2) is 0 Å². The molecule has 1 fully saturated rings. The maximum absolute atomic E-state index is 12.9. The zero-order valence-electron chi connectivity index (χ0n) is 15.4. The average Bonchev–Trinajstić information content (AvgIpc) is 2.98. The number of fused-ring (bicyclic) bond motifs is 1. The van der Waals surface area contributed by atoms with Gasteiger partial charge in [-0.1, -0.05) is 29.8 Å². The van der Waals surface area contributed by atoms with E-state index >= 15 is 0 Å². The van der Waals surface area contributed by atoms with Crippen LogP contribution < -0.4 is 5.84 Å². The van der Waals surface area contributed by atoms with Gasteiger partial charge in [0.1, 0.15) is 0 Å². The molecule has 4 heteroatoms. The summed E-state index contributed by atoms with van der Waals surface area (Å²) in [6, 6.07) is 13.6. The van der Waals surface area contributed by atoms with Gasteiger partial charge in [-0.3, -0.25) is 9.47 Å². The molecule has 0 aliphatic carbocycles. The molecule has 2 N–H and O–H groups in total. The predicted molar refractivity (Wildman–Crippen MR) is 106 cm³/mol. The maximum atomic E-state index is 12.9. The number of nitrogen functional groups attached to an aromatic ring is 1. The zero-order chi connectivity index (χ0) is 18.3. The molecule has 0 amide bonds. The number of hydrogen-bond donors (Lipinski definition) is 1. The molecule has 0 unspecified atom stereocenters. The van der Waals surface area contributed by atoms with Crippen LogP contribution in [0.4, 0.5) is 0 Å². The number of carbonyl (C=O) groups excluding carboxylic acids is 1. The molecular formula is C22H25N3O. The van der Waals surface area contributed by atoms with E-state index < -0.39 is 0 Å². The molecule has 2 heterocycles. The van der Waals surface area contributed by atoms with Gasteiger partial charge in [0.25, 0.3) is 0 Å². The van der Waals surface area contributed by atoms with Crippen LogP contribution in [0.1, 0.15) is 45.8 Å². The van der Waals surface area contributed by atoms with Crippen LogP contribution in [-0.2, 0) is 0 Å². The summed E-state index contributed by atoms with van der Waals surface area (Å²) >= 11 is 0. The van der Waals surface area contributed by atoms with Crippen LogP contribution in [0.25, 0.3) is 10.9 Å². The number of nitrogens with two attached hydrogens (primary N) is 1. The number of rotatable bonds is 3. The van der Waals surface area contributed by atoms with Crippen molar-refractivity contribution in [3.63, 3.8) is 0 Å². The van der Waals surface area contributed by atoms with Gasteiger partial charge in [0.05, 0.1) is 5.52 Å². The monoisotopic (exact) mass is 347 g/mol. The number of aromatic nitrogens is 1. The van der Waals surface area contributed by atoms with E-state index in [4.69, 9.17) is 5.84 Å². The standard InChI is InChI=1S/C22H25N3O/c1-15-3-5-17(6-4-15)22(26)18-7-8-21-19(13-18)20(14-25(21)23)16-9-11-24(2)12-10-16/h3-8,13-14,16H,9-12,23H2,1-2H3. The molecule has 1 aromatic heterocycles. The molecule has 0 saturated carbocycles. The zero-order valence-corrected chi connectivity index (χ0v) is 15.4. The van der Waals surface area contributed by atoms with Crippen molar-refractivity contribution in [3.8, 4) is 0 Å². The number of nitrogens with zero attached hydrogens (tertiary/aromatic N) is 2. The molecule has 0 spiro atoms.